The summed E-state index contributed by atoms with van der Waals surface area (Å²) in [6.45, 7) is 7.04. The maximum Gasteiger partial charge on any atom is 0.295 e. The Morgan fingerprint density at radius 2 is 1.25 bits per heavy atom. The van der Waals surface area contributed by atoms with Crippen molar-refractivity contribution in [1.82, 2.24) is 4.57 Å². The molecular weight excluding hydrogens is 645 g/mol. The number of aromatic nitrogens is 2. The van der Waals surface area contributed by atoms with Crippen molar-refractivity contribution in [1.29, 1.82) is 0 Å². The van der Waals surface area contributed by atoms with Crippen molar-refractivity contribution in [3.63, 3.8) is 0 Å². The number of hydrogen-bond donors (Lipinski definition) is 0. The van der Waals surface area contributed by atoms with Crippen molar-refractivity contribution in [2.24, 2.45) is 0 Å². The van der Waals surface area contributed by atoms with Crippen molar-refractivity contribution in [3.05, 3.63) is 193 Å². The monoisotopic (exact) mass is 687 g/mol. The normalized spacial score (nSPS) is 19.3. The van der Waals surface area contributed by atoms with E-state index in [9.17, 15) is 0 Å². The lowest BCUT2D eigenvalue weighted by molar-refractivity contribution is -0.759. The molecule has 3 aliphatic rings. The number of fused-ring (bicyclic) bond motifs is 3. The molecule has 1 spiro atoms. The Labute approximate surface area is 308 Å². The van der Waals surface area contributed by atoms with Crippen LogP contribution in [0.25, 0.3) is 28.2 Å². The first-order valence-electron chi connectivity index (χ1n) is 18.9. The Morgan fingerprint density at radius 1 is 0.654 bits per heavy atom. The van der Waals surface area contributed by atoms with Gasteiger partial charge in [0, 0.05) is 11.1 Å². The minimum atomic E-state index is -2.74. The molecule has 2 nitrogen and oxygen atoms in total. The maximum absolute atomic E-state index is 2.74. The van der Waals surface area contributed by atoms with Crippen LogP contribution < -0.4 is 25.3 Å². The van der Waals surface area contributed by atoms with E-state index in [0.717, 1.165) is 12.8 Å². The molecule has 2 atom stereocenters. The second kappa shape index (κ2) is 11.5. The van der Waals surface area contributed by atoms with Crippen molar-refractivity contribution in [2.75, 3.05) is 0 Å². The van der Waals surface area contributed by atoms with E-state index in [0.29, 0.717) is 5.92 Å². The summed E-state index contributed by atoms with van der Waals surface area (Å²) in [5, 5.41) is 5.69. The fourth-order valence-corrected chi connectivity index (χ4v) is 15.1. The Balaban J connectivity index is 1.32. The highest BCUT2D eigenvalue weighted by Crippen LogP contribution is 2.63. The van der Waals surface area contributed by atoms with E-state index in [1.165, 1.54) is 60.1 Å². The first kappa shape index (κ1) is 31.2. The largest absolute Gasteiger partial charge is 0.295 e. The lowest BCUT2D eigenvalue weighted by Crippen LogP contribution is -2.77. The molecule has 1 aliphatic heterocycles. The molecular formula is C49H43N2Si+. The quantitative estimate of drug-likeness (QED) is 0.0662. The van der Waals surface area contributed by atoms with Gasteiger partial charge in [-0.15, -0.1) is 0 Å². The summed E-state index contributed by atoms with van der Waals surface area (Å²) < 4.78 is 5.21. The van der Waals surface area contributed by atoms with Crippen molar-refractivity contribution in [3.8, 4) is 28.2 Å². The molecule has 6 aromatic carbocycles. The fourth-order valence-electron chi connectivity index (χ4n) is 10.3. The third-order valence-corrected chi connectivity index (χ3v) is 17.4. The Morgan fingerprint density at radius 3 is 1.79 bits per heavy atom. The first-order valence-corrected chi connectivity index (χ1v) is 20.9. The SMILES string of the molecule is CCC12C=CC13Cc1cc([Si](c4ccccc4)(c4ccccc4)c4ccccc4)cc(c13)-c1n(-c3c(-c4ccccc4)cccc3C(C)C)cc[n+]12. The van der Waals surface area contributed by atoms with E-state index in [1.54, 1.807) is 5.56 Å². The van der Waals surface area contributed by atoms with Gasteiger partial charge in [-0.1, -0.05) is 172 Å². The number of imidazole rings is 1. The lowest BCUT2D eigenvalue weighted by Gasteiger charge is -2.60. The Kier molecular flexibility index (Phi) is 6.91. The molecule has 10 rings (SSSR count). The summed E-state index contributed by atoms with van der Waals surface area (Å²) in [6.07, 6.45) is 11.9. The van der Waals surface area contributed by atoms with E-state index in [-0.39, 0.29) is 11.0 Å². The zero-order chi connectivity index (χ0) is 35.1. The fraction of sp³-hybridized carbons (Fsp3) is 0.163. The van der Waals surface area contributed by atoms with E-state index in [1.807, 2.05) is 0 Å². The van der Waals surface area contributed by atoms with Crippen LogP contribution in [0.5, 0.6) is 0 Å². The average molecular weight is 688 g/mol. The van der Waals surface area contributed by atoms with Crippen LogP contribution in [0.4, 0.5) is 0 Å². The molecule has 0 amide bonds. The van der Waals surface area contributed by atoms with Crippen molar-refractivity contribution in [2.45, 2.75) is 50.5 Å². The minimum absolute atomic E-state index is 0.0328. The smallest absolute Gasteiger partial charge is 0.219 e. The molecule has 2 unspecified atom stereocenters. The molecule has 7 aromatic rings. The van der Waals surface area contributed by atoms with Crippen LogP contribution in [0.3, 0.4) is 0 Å². The van der Waals surface area contributed by atoms with E-state index in [4.69, 9.17) is 0 Å². The van der Waals surface area contributed by atoms with Gasteiger partial charge in [-0.2, -0.15) is 4.57 Å². The third-order valence-electron chi connectivity index (χ3n) is 12.7. The van der Waals surface area contributed by atoms with Gasteiger partial charge < -0.3 is 0 Å². The van der Waals surface area contributed by atoms with Gasteiger partial charge in [0.2, 0.25) is 0 Å². The summed E-state index contributed by atoms with van der Waals surface area (Å²) in [7, 11) is -2.74. The van der Waals surface area contributed by atoms with Crippen LogP contribution in [-0.4, -0.2) is 12.6 Å². The second-order valence-electron chi connectivity index (χ2n) is 15.3. The van der Waals surface area contributed by atoms with E-state index in [2.05, 4.69) is 206 Å². The summed E-state index contributed by atoms with van der Waals surface area (Å²) in [4.78, 5) is 0. The Bertz CT molecular complexity index is 2400. The molecule has 0 fully saturated rings. The number of benzene rings is 6. The average Bonchev–Trinajstić information content (AvgIpc) is 3.62. The van der Waals surface area contributed by atoms with Crippen LogP contribution >= 0.6 is 0 Å². The van der Waals surface area contributed by atoms with Gasteiger partial charge in [-0.25, -0.2) is 4.57 Å². The predicted molar refractivity (Wildman–Crippen MR) is 217 cm³/mol. The molecule has 3 heteroatoms. The zero-order valence-corrected chi connectivity index (χ0v) is 31.1. The van der Waals surface area contributed by atoms with Crippen LogP contribution in [0.15, 0.2) is 176 Å². The van der Waals surface area contributed by atoms with Gasteiger partial charge in [-0.05, 0) is 68.3 Å². The summed E-state index contributed by atoms with van der Waals surface area (Å²) >= 11 is 0. The highest BCUT2D eigenvalue weighted by molar-refractivity contribution is 7.20. The van der Waals surface area contributed by atoms with Gasteiger partial charge in [0.25, 0.3) is 5.82 Å². The molecule has 0 radical (unpaired) electrons. The van der Waals surface area contributed by atoms with Gasteiger partial charge in [0.1, 0.15) is 23.6 Å². The van der Waals surface area contributed by atoms with Crippen LogP contribution in [0.1, 0.15) is 49.8 Å². The van der Waals surface area contributed by atoms with Crippen LogP contribution in [0, 0.1) is 0 Å². The minimum Gasteiger partial charge on any atom is -0.219 e. The lowest BCUT2D eigenvalue weighted by atomic mass is 9.45. The second-order valence-corrected chi connectivity index (χ2v) is 19.1. The van der Waals surface area contributed by atoms with Gasteiger partial charge >= 0.3 is 0 Å². The molecule has 0 saturated heterocycles. The van der Waals surface area contributed by atoms with E-state index < -0.39 is 8.07 Å². The number of nitrogens with zero attached hydrogens (tertiary/aromatic N) is 2. The molecule has 0 bridgehead atoms. The molecule has 0 N–H and O–H groups in total. The molecule has 2 aliphatic carbocycles. The topological polar surface area (TPSA) is 8.81 Å². The summed E-state index contributed by atoms with van der Waals surface area (Å²) in [5.41, 5.74) is 9.57. The number of allylic oxidation sites excluding steroid dienone is 2. The summed E-state index contributed by atoms with van der Waals surface area (Å²) in [6, 6.07) is 57.2. The Hall–Kier alpha value is -5.51. The molecule has 252 valence electrons. The standard InChI is InChI=1S/C49H43N2Si/c1-4-49-29-28-48(49)34-37-32-41(52(38-20-11-6-12-21-38,39-22-13-7-14-23-39)40-24-15-8-16-25-40)33-44(45(37)48)47-50(30-31-51(47)49)46-42(35(2)3)26-17-27-43(46)36-18-9-5-10-19-36/h5-33,35H,4,34H2,1-3H3/q+1. The van der Waals surface area contributed by atoms with Gasteiger partial charge in [-0.3, -0.25) is 0 Å². The summed E-state index contributed by atoms with van der Waals surface area (Å²) in [5.74, 6) is 1.65. The predicted octanol–water partition coefficient (Wildman–Crippen LogP) is 8.08. The molecule has 52 heavy (non-hydrogen) atoms. The van der Waals surface area contributed by atoms with Crippen LogP contribution in [-0.2, 0) is 17.4 Å². The number of rotatable bonds is 8. The molecule has 1 aromatic heterocycles. The van der Waals surface area contributed by atoms with Crippen molar-refractivity contribution >= 4 is 28.8 Å². The zero-order valence-electron chi connectivity index (χ0n) is 30.1. The van der Waals surface area contributed by atoms with Crippen molar-refractivity contribution < 1.29 is 4.57 Å². The number of hydrogen-bond acceptors (Lipinski definition) is 0. The van der Waals surface area contributed by atoms with Gasteiger partial charge in [0.15, 0.2) is 8.07 Å². The first-order chi connectivity index (χ1) is 25.5. The van der Waals surface area contributed by atoms with Crippen LogP contribution in [0.2, 0.25) is 0 Å². The highest BCUT2D eigenvalue weighted by atomic mass is 28.3. The van der Waals surface area contributed by atoms with Gasteiger partial charge in [0.05, 0.1) is 11.0 Å². The van der Waals surface area contributed by atoms with E-state index >= 15 is 0 Å². The number of para-hydroxylation sites is 1. The molecule has 0 saturated carbocycles. The highest BCUT2D eigenvalue weighted by Gasteiger charge is 2.68. The maximum atomic E-state index is 2.66. The molecule has 2 heterocycles. The third kappa shape index (κ3) is 3.97.